The molecule has 0 saturated carbocycles. The molecule has 2 N–H and O–H groups in total. The van der Waals surface area contributed by atoms with Gasteiger partial charge >= 0.3 is 0 Å². The van der Waals surface area contributed by atoms with Gasteiger partial charge in [-0.25, -0.2) is 0 Å². The highest BCUT2D eigenvalue weighted by atomic mass is 16.5. The van der Waals surface area contributed by atoms with Gasteiger partial charge in [-0.2, -0.15) is 0 Å². The molecule has 2 rings (SSSR count). The summed E-state index contributed by atoms with van der Waals surface area (Å²) in [7, 11) is 0. The van der Waals surface area contributed by atoms with Crippen LogP contribution in [0.1, 0.15) is 16.7 Å². The van der Waals surface area contributed by atoms with Gasteiger partial charge in [-0.15, -0.1) is 0 Å². The maximum absolute atomic E-state index is 11.8. The van der Waals surface area contributed by atoms with Gasteiger partial charge in [0.2, 0.25) is 0 Å². The molecule has 4 heteroatoms. The highest BCUT2D eigenvalue weighted by molar-refractivity contribution is 5.91. The van der Waals surface area contributed by atoms with Crippen molar-refractivity contribution < 1.29 is 14.6 Å². The fourth-order valence-electron chi connectivity index (χ4n) is 1.95. The first-order valence-corrected chi connectivity index (χ1v) is 6.78. The Morgan fingerprint density at radius 2 is 1.76 bits per heavy atom. The van der Waals surface area contributed by atoms with Gasteiger partial charge < -0.3 is 15.2 Å². The Morgan fingerprint density at radius 3 is 2.43 bits per heavy atom. The second kappa shape index (κ2) is 6.90. The number of hydrogen-bond donors (Lipinski definition) is 2. The second-order valence-electron chi connectivity index (χ2n) is 4.97. The van der Waals surface area contributed by atoms with Gasteiger partial charge in [0.1, 0.15) is 5.75 Å². The number of aliphatic hydroxyl groups is 1. The van der Waals surface area contributed by atoms with Crippen LogP contribution in [-0.4, -0.2) is 17.6 Å². The van der Waals surface area contributed by atoms with E-state index in [2.05, 4.69) is 5.32 Å². The maximum atomic E-state index is 11.8. The summed E-state index contributed by atoms with van der Waals surface area (Å²) in [6.07, 6.45) is 0. The highest BCUT2D eigenvalue weighted by Crippen LogP contribution is 2.20. The third-order valence-corrected chi connectivity index (χ3v) is 3.08. The lowest BCUT2D eigenvalue weighted by atomic mass is 10.1. The number of aliphatic hydroxyl groups excluding tert-OH is 1. The summed E-state index contributed by atoms with van der Waals surface area (Å²) in [6.45, 7) is 3.72. The first-order valence-electron chi connectivity index (χ1n) is 6.78. The van der Waals surface area contributed by atoms with Crippen LogP contribution in [-0.2, 0) is 11.4 Å². The number of benzene rings is 2. The average molecular weight is 285 g/mol. The van der Waals surface area contributed by atoms with Gasteiger partial charge in [-0.1, -0.05) is 35.4 Å². The summed E-state index contributed by atoms with van der Waals surface area (Å²) in [5.74, 6) is 0.297. The number of ether oxygens (including phenoxy) is 1. The summed E-state index contributed by atoms with van der Waals surface area (Å²) >= 11 is 0. The molecule has 0 heterocycles. The van der Waals surface area contributed by atoms with E-state index in [0.29, 0.717) is 11.3 Å². The number of anilines is 1. The smallest absolute Gasteiger partial charge is 0.262 e. The molecule has 110 valence electrons. The van der Waals surface area contributed by atoms with Gasteiger partial charge in [0, 0.05) is 11.3 Å². The highest BCUT2D eigenvalue weighted by Gasteiger charge is 2.07. The van der Waals surface area contributed by atoms with Crippen LogP contribution in [0.4, 0.5) is 5.69 Å². The molecule has 0 aromatic heterocycles. The van der Waals surface area contributed by atoms with Crippen LogP contribution in [0.15, 0.2) is 42.5 Å². The zero-order valence-electron chi connectivity index (χ0n) is 12.2. The van der Waals surface area contributed by atoms with Crippen molar-refractivity contribution in [2.24, 2.45) is 0 Å². The summed E-state index contributed by atoms with van der Waals surface area (Å²) in [5.41, 5.74) is 3.59. The monoisotopic (exact) mass is 285 g/mol. The van der Waals surface area contributed by atoms with E-state index in [0.717, 1.165) is 16.8 Å². The quantitative estimate of drug-likeness (QED) is 0.888. The van der Waals surface area contributed by atoms with Crippen LogP contribution in [0.2, 0.25) is 0 Å². The Morgan fingerprint density at radius 1 is 1.10 bits per heavy atom. The van der Waals surface area contributed by atoms with Gasteiger partial charge in [0.15, 0.2) is 6.61 Å². The molecule has 21 heavy (non-hydrogen) atoms. The van der Waals surface area contributed by atoms with E-state index < -0.39 is 0 Å². The molecule has 1 amide bonds. The van der Waals surface area contributed by atoms with Crippen LogP contribution >= 0.6 is 0 Å². The Labute approximate surface area is 124 Å². The van der Waals surface area contributed by atoms with Crippen molar-refractivity contribution in [2.45, 2.75) is 20.5 Å². The molecule has 0 aliphatic carbocycles. The topological polar surface area (TPSA) is 58.6 Å². The predicted octanol–water partition coefficient (Wildman–Crippen LogP) is 2.81. The molecule has 0 fully saturated rings. The van der Waals surface area contributed by atoms with Crippen LogP contribution in [0.25, 0.3) is 0 Å². The number of amides is 1. The molecule has 0 radical (unpaired) electrons. The molecule has 0 atom stereocenters. The lowest BCUT2D eigenvalue weighted by molar-refractivity contribution is -0.118. The predicted molar refractivity (Wildman–Crippen MR) is 82.4 cm³/mol. The van der Waals surface area contributed by atoms with Crippen molar-refractivity contribution in [3.05, 3.63) is 59.2 Å². The number of hydrogen-bond acceptors (Lipinski definition) is 3. The number of nitrogens with one attached hydrogen (secondary N) is 1. The lowest BCUT2D eigenvalue weighted by Crippen LogP contribution is -2.20. The van der Waals surface area contributed by atoms with Crippen molar-refractivity contribution in [3.8, 4) is 5.75 Å². The van der Waals surface area contributed by atoms with E-state index in [1.54, 1.807) is 6.07 Å². The SMILES string of the molecule is Cc1ccc(NC(=O)COc2ccc(C)cc2CO)cc1. The van der Waals surface area contributed by atoms with Gasteiger partial charge in [0.05, 0.1) is 6.61 Å². The second-order valence-corrected chi connectivity index (χ2v) is 4.97. The molecule has 0 unspecified atom stereocenters. The van der Waals surface area contributed by atoms with Crippen LogP contribution < -0.4 is 10.1 Å². The first kappa shape index (κ1) is 15.1. The normalized spacial score (nSPS) is 10.2. The lowest BCUT2D eigenvalue weighted by Gasteiger charge is -2.11. The van der Waals surface area contributed by atoms with Crippen LogP contribution in [0, 0.1) is 13.8 Å². The Bertz CT molecular complexity index is 620. The molecule has 4 nitrogen and oxygen atoms in total. The van der Waals surface area contributed by atoms with Gasteiger partial charge in [0.25, 0.3) is 5.91 Å². The third kappa shape index (κ3) is 4.33. The standard InChI is InChI=1S/C17H19NO3/c1-12-3-6-15(7-4-12)18-17(20)11-21-16-8-5-13(2)9-14(16)10-19/h3-9,19H,10-11H2,1-2H3,(H,18,20). The maximum Gasteiger partial charge on any atom is 0.262 e. The van der Waals surface area contributed by atoms with E-state index in [4.69, 9.17) is 4.74 Å². The fourth-order valence-corrected chi connectivity index (χ4v) is 1.95. The summed E-state index contributed by atoms with van der Waals surface area (Å²) in [4.78, 5) is 11.8. The van der Waals surface area contributed by atoms with Crippen LogP contribution in [0.5, 0.6) is 5.75 Å². The Hall–Kier alpha value is -2.33. The zero-order chi connectivity index (χ0) is 15.2. The summed E-state index contributed by atoms with van der Waals surface area (Å²) in [5, 5.41) is 12.1. The summed E-state index contributed by atoms with van der Waals surface area (Å²) in [6, 6.07) is 13.0. The zero-order valence-corrected chi connectivity index (χ0v) is 12.2. The van der Waals surface area contributed by atoms with Crippen LogP contribution in [0.3, 0.4) is 0 Å². The Balaban J connectivity index is 1.93. The van der Waals surface area contributed by atoms with E-state index >= 15 is 0 Å². The van der Waals surface area contributed by atoms with Crippen molar-refractivity contribution >= 4 is 11.6 Å². The van der Waals surface area contributed by atoms with Gasteiger partial charge in [-0.3, -0.25) is 4.79 Å². The minimum Gasteiger partial charge on any atom is -0.483 e. The number of aryl methyl sites for hydroxylation is 2. The molecule has 0 bridgehead atoms. The molecular weight excluding hydrogens is 266 g/mol. The number of rotatable bonds is 5. The molecule has 0 aliphatic rings. The summed E-state index contributed by atoms with van der Waals surface area (Å²) < 4.78 is 5.47. The molecule has 0 spiro atoms. The number of carbonyl (C=O) groups is 1. The van der Waals surface area contributed by atoms with Crippen molar-refractivity contribution in [1.29, 1.82) is 0 Å². The first-order chi connectivity index (χ1) is 10.1. The molecule has 0 aliphatic heterocycles. The molecular formula is C17H19NO3. The van der Waals surface area contributed by atoms with Crippen molar-refractivity contribution in [2.75, 3.05) is 11.9 Å². The number of carbonyl (C=O) groups excluding carboxylic acids is 1. The minimum absolute atomic E-state index is 0.0933. The van der Waals surface area contributed by atoms with Crippen molar-refractivity contribution in [1.82, 2.24) is 0 Å². The van der Waals surface area contributed by atoms with E-state index in [-0.39, 0.29) is 19.1 Å². The third-order valence-electron chi connectivity index (χ3n) is 3.08. The van der Waals surface area contributed by atoms with E-state index in [1.165, 1.54) is 0 Å². The average Bonchev–Trinajstić information content (AvgIpc) is 2.48. The largest absolute Gasteiger partial charge is 0.483 e. The molecule has 0 saturated heterocycles. The molecule has 2 aromatic carbocycles. The van der Waals surface area contributed by atoms with E-state index in [1.807, 2.05) is 50.2 Å². The van der Waals surface area contributed by atoms with E-state index in [9.17, 15) is 9.90 Å². The molecule has 2 aromatic rings. The van der Waals surface area contributed by atoms with Crippen molar-refractivity contribution in [3.63, 3.8) is 0 Å². The minimum atomic E-state index is -0.233. The Kier molecular flexibility index (Phi) is 4.95. The fraction of sp³-hybridized carbons (Fsp3) is 0.235. The van der Waals surface area contributed by atoms with Gasteiger partial charge in [-0.05, 0) is 32.0 Å².